The van der Waals surface area contributed by atoms with Gasteiger partial charge < -0.3 is 5.11 Å². The predicted octanol–water partition coefficient (Wildman–Crippen LogP) is 3.87. The first kappa shape index (κ1) is 14.0. The number of fused-ring (bicyclic) bond motifs is 1. The summed E-state index contributed by atoms with van der Waals surface area (Å²) in [6, 6.07) is 9.04. The zero-order chi connectivity index (χ0) is 15.0. The van der Waals surface area contributed by atoms with Gasteiger partial charge in [-0.25, -0.2) is 9.97 Å². The minimum atomic E-state index is -4.64. The van der Waals surface area contributed by atoms with Gasteiger partial charge in [-0.1, -0.05) is 30.3 Å². The van der Waals surface area contributed by atoms with Crippen LogP contribution in [0.2, 0.25) is 0 Å². The van der Waals surface area contributed by atoms with E-state index in [1.807, 2.05) is 6.07 Å². The lowest BCUT2D eigenvalue weighted by Gasteiger charge is -2.08. The Morgan fingerprint density at radius 1 is 1.10 bits per heavy atom. The van der Waals surface area contributed by atoms with E-state index in [1.165, 1.54) is 11.3 Å². The summed E-state index contributed by atoms with van der Waals surface area (Å²) in [5, 5.41) is 11.0. The van der Waals surface area contributed by atoms with E-state index in [1.54, 1.807) is 29.6 Å². The molecule has 0 aliphatic carbocycles. The Morgan fingerprint density at radius 2 is 1.81 bits per heavy atom. The molecule has 0 unspecified atom stereocenters. The van der Waals surface area contributed by atoms with Crippen molar-refractivity contribution in [3.8, 4) is 11.1 Å². The summed E-state index contributed by atoms with van der Waals surface area (Å²) in [6.07, 6.45) is -4.64. The summed E-state index contributed by atoms with van der Waals surface area (Å²) in [5.74, 6) is -1.23. The van der Waals surface area contributed by atoms with Crippen molar-refractivity contribution in [1.29, 1.82) is 0 Å². The maximum atomic E-state index is 12.9. The number of benzene rings is 1. The maximum absolute atomic E-state index is 12.9. The molecule has 1 aromatic carbocycles. The zero-order valence-corrected chi connectivity index (χ0v) is 11.4. The normalized spacial score (nSPS) is 12.0. The Hall–Kier alpha value is -1.99. The van der Waals surface area contributed by atoms with Gasteiger partial charge in [0.05, 0.1) is 22.5 Å². The Labute approximate surface area is 121 Å². The molecule has 108 valence electrons. The molecular formula is C14H9F3N2OS. The third-order valence-corrected chi connectivity index (χ3v) is 3.99. The van der Waals surface area contributed by atoms with E-state index < -0.39 is 18.6 Å². The fourth-order valence-corrected chi connectivity index (χ4v) is 3.03. The second kappa shape index (κ2) is 5.09. The minimum Gasteiger partial charge on any atom is -0.390 e. The van der Waals surface area contributed by atoms with Crippen LogP contribution < -0.4 is 0 Å². The lowest BCUT2D eigenvalue weighted by Crippen LogP contribution is -2.12. The number of alkyl halides is 3. The average Bonchev–Trinajstić information content (AvgIpc) is 2.90. The molecule has 1 N–H and O–H groups in total. The van der Waals surface area contributed by atoms with Crippen LogP contribution in [0.3, 0.4) is 0 Å². The summed E-state index contributed by atoms with van der Waals surface area (Å²) in [6.45, 7) is -0.559. The number of hydrogen-bond acceptors (Lipinski definition) is 4. The van der Waals surface area contributed by atoms with Gasteiger partial charge in [-0.05, 0) is 5.56 Å². The highest BCUT2D eigenvalue weighted by molar-refractivity contribution is 7.17. The molecule has 0 atom stereocenters. The van der Waals surface area contributed by atoms with Gasteiger partial charge in [-0.3, -0.25) is 0 Å². The highest BCUT2D eigenvalue weighted by Gasteiger charge is 2.36. The largest absolute Gasteiger partial charge is 0.451 e. The summed E-state index contributed by atoms with van der Waals surface area (Å²) < 4.78 is 39.1. The molecule has 0 spiro atoms. The van der Waals surface area contributed by atoms with Gasteiger partial charge in [0.25, 0.3) is 0 Å². The van der Waals surface area contributed by atoms with Gasteiger partial charge in [-0.15, -0.1) is 11.3 Å². The van der Waals surface area contributed by atoms with Crippen molar-refractivity contribution in [3.05, 3.63) is 47.2 Å². The smallest absolute Gasteiger partial charge is 0.390 e. The van der Waals surface area contributed by atoms with Crippen LogP contribution in [0.5, 0.6) is 0 Å². The van der Waals surface area contributed by atoms with Crippen molar-refractivity contribution < 1.29 is 18.3 Å². The number of halogens is 3. The average molecular weight is 310 g/mol. The van der Waals surface area contributed by atoms with E-state index in [0.29, 0.717) is 10.3 Å². The number of aliphatic hydroxyl groups excluding tert-OH is 1. The number of nitrogens with zero attached hydrogens (tertiary/aromatic N) is 2. The Bertz CT molecular complexity index is 784. The van der Waals surface area contributed by atoms with Crippen molar-refractivity contribution >= 4 is 21.6 Å². The molecule has 0 amide bonds. The Balaban J connectivity index is 2.29. The number of thiophene rings is 1. The molecule has 2 aromatic heterocycles. The van der Waals surface area contributed by atoms with E-state index in [-0.39, 0.29) is 11.2 Å². The number of aromatic nitrogens is 2. The van der Waals surface area contributed by atoms with Crippen molar-refractivity contribution in [1.82, 2.24) is 9.97 Å². The molecule has 0 radical (unpaired) electrons. The van der Waals surface area contributed by atoms with Crippen LogP contribution >= 0.6 is 11.3 Å². The topological polar surface area (TPSA) is 46.0 Å². The summed E-state index contributed by atoms with van der Waals surface area (Å²) in [7, 11) is 0. The van der Waals surface area contributed by atoms with Gasteiger partial charge in [0.1, 0.15) is 0 Å². The molecule has 0 aliphatic rings. The van der Waals surface area contributed by atoms with Crippen molar-refractivity contribution in [3.63, 3.8) is 0 Å². The van der Waals surface area contributed by atoms with Crippen LogP contribution in [0, 0.1) is 0 Å². The first-order valence-electron chi connectivity index (χ1n) is 6.02. The molecule has 3 nitrogen and oxygen atoms in total. The summed E-state index contributed by atoms with van der Waals surface area (Å²) in [5.41, 5.74) is 1.61. The second-order valence-corrected chi connectivity index (χ2v) is 5.22. The summed E-state index contributed by atoms with van der Waals surface area (Å²) in [4.78, 5) is 7.08. The van der Waals surface area contributed by atoms with Crippen molar-refractivity contribution in [2.24, 2.45) is 0 Å². The lowest BCUT2D eigenvalue weighted by atomic mass is 10.1. The van der Waals surface area contributed by atoms with E-state index in [0.717, 1.165) is 5.56 Å². The third kappa shape index (κ3) is 2.50. The van der Waals surface area contributed by atoms with Crippen LogP contribution in [0.15, 0.2) is 35.7 Å². The third-order valence-electron chi connectivity index (χ3n) is 2.97. The van der Waals surface area contributed by atoms with Gasteiger partial charge in [0.2, 0.25) is 5.82 Å². The number of aliphatic hydroxyl groups is 1. The second-order valence-electron chi connectivity index (χ2n) is 4.34. The molecular weight excluding hydrogens is 301 g/mol. The van der Waals surface area contributed by atoms with Gasteiger partial charge >= 0.3 is 6.18 Å². The molecule has 0 fully saturated rings. The van der Waals surface area contributed by atoms with E-state index in [2.05, 4.69) is 9.97 Å². The molecule has 21 heavy (non-hydrogen) atoms. The SMILES string of the molecule is OCc1nc(C(F)(F)F)nc2c(-c3ccccc3)csc12. The molecule has 0 saturated carbocycles. The first-order valence-corrected chi connectivity index (χ1v) is 6.90. The quantitative estimate of drug-likeness (QED) is 0.781. The van der Waals surface area contributed by atoms with E-state index in [9.17, 15) is 18.3 Å². The van der Waals surface area contributed by atoms with Gasteiger partial charge in [0.15, 0.2) is 0 Å². The number of rotatable bonds is 2. The fourth-order valence-electron chi connectivity index (χ4n) is 2.03. The molecule has 0 bridgehead atoms. The van der Waals surface area contributed by atoms with E-state index >= 15 is 0 Å². The monoisotopic (exact) mass is 310 g/mol. The Kier molecular flexibility index (Phi) is 3.38. The molecule has 3 aromatic rings. The molecule has 3 rings (SSSR count). The van der Waals surface area contributed by atoms with Crippen molar-refractivity contribution in [2.75, 3.05) is 0 Å². The highest BCUT2D eigenvalue weighted by Crippen LogP contribution is 2.36. The lowest BCUT2D eigenvalue weighted by molar-refractivity contribution is -0.144. The number of hydrogen-bond donors (Lipinski definition) is 1. The van der Waals surface area contributed by atoms with E-state index in [4.69, 9.17) is 0 Å². The first-order chi connectivity index (χ1) is 10.0. The van der Waals surface area contributed by atoms with Gasteiger partial charge in [-0.2, -0.15) is 13.2 Å². The van der Waals surface area contributed by atoms with Crippen LogP contribution in [-0.4, -0.2) is 15.1 Å². The Morgan fingerprint density at radius 3 is 2.43 bits per heavy atom. The summed E-state index contributed by atoms with van der Waals surface area (Å²) >= 11 is 1.23. The standard InChI is InChI=1S/C14H9F3N2OS/c15-14(16,17)13-18-10(6-20)12-11(19-13)9(7-21-12)8-4-2-1-3-5-8/h1-5,7,20H,6H2. The highest BCUT2D eigenvalue weighted by atomic mass is 32.1. The fraction of sp³-hybridized carbons (Fsp3) is 0.143. The molecule has 0 saturated heterocycles. The van der Waals surface area contributed by atoms with Crippen LogP contribution in [0.25, 0.3) is 21.3 Å². The van der Waals surface area contributed by atoms with Crippen LogP contribution in [0.4, 0.5) is 13.2 Å². The van der Waals surface area contributed by atoms with Crippen LogP contribution in [0.1, 0.15) is 11.5 Å². The van der Waals surface area contributed by atoms with Crippen molar-refractivity contribution in [2.45, 2.75) is 12.8 Å². The van der Waals surface area contributed by atoms with Crippen LogP contribution in [-0.2, 0) is 12.8 Å². The zero-order valence-electron chi connectivity index (χ0n) is 10.6. The molecule has 0 aliphatic heterocycles. The molecule has 7 heteroatoms. The van der Waals surface area contributed by atoms with Gasteiger partial charge in [0, 0.05) is 10.9 Å². The minimum absolute atomic E-state index is 0.000457. The molecule has 2 heterocycles. The predicted molar refractivity (Wildman–Crippen MR) is 73.8 cm³/mol. The maximum Gasteiger partial charge on any atom is 0.451 e.